The highest BCUT2D eigenvalue weighted by atomic mass is 35.5. The van der Waals surface area contributed by atoms with Gasteiger partial charge in [-0.15, -0.1) is 0 Å². The van der Waals surface area contributed by atoms with Crippen LogP contribution in [0.2, 0.25) is 5.15 Å². The minimum Gasteiger partial charge on any atom is -0.493 e. The lowest BCUT2D eigenvalue weighted by molar-refractivity contribution is -0.118. The molecule has 0 fully saturated rings. The lowest BCUT2D eigenvalue weighted by Gasteiger charge is -2.14. The minimum absolute atomic E-state index is 0.0226. The number of halogens is 1. The quantitative estimate of drug-likeness (QED) is 0.648. The van der Waals surface area contributed by atoms with Gasteiger partial charge in [-0.3, -0.25) is 4.79 Å². The zero-order chi connectivity index (χ0) is 16.1. The van der Waals surface area contributed by atoms with Crippen LogP contribution in [0, 0.1) is 0 Å². The van der Waals surface area contributed by atoms with Gasteiger partial charge < -0.3 is 10.1 Å². The van der Waals surface area contributed by atoms with Crippen LogP contribution in [0.3, 0.4) is 0 Å². The van der Waals surface area contributed by atoms with Crippen molar-refractivity contribution in [2.45, 2.75) is 33.1 Å². The molecule has 4 nitrogen and oxygen atoms in total. The molecule has 0 atom stereocenters. The SMILES string of the molecule is CC(=O)NCCCOc1ccc(C(C)C)c2cc(Cl)ncc12. The molecular formula is C17H21ClN2O2. The second-order valence-corrected chi connectivity index (χ2v) is 5.93. The zero-order valence-corrected chi connectivity index (χ0v) is 13.9. The number of hydrogen-bond acceptors (Lipinski definition) is 3. The van der Waals surface area contributed by atoms with E-state index in [1.807, 2.05) is 12.1 Å². The Hall–Kier alpha value is -1.81. The van der Waals surface area contributed by atoms with Gasteiger partial charge >= 0.3 is 0 Å². The van der Waals surface area contributed by atoms with Crippen LogP contribution in [0.4, 0.5) is 0 Å². The molecule has 2 aromatic rings. The number of pyridine rings is 1. The predicted octanol–water partition coefficient (Wildman–Crippen LogP) is 3.92. The fourth-order valence-corrected chi connectivity index (χ4v) is 2.52. The van der Waals surface area contributed by atoms with Gasteiger partial charge in [0.15, 0.2) is 0 Å². The summed E-state index contributed by atoms with van der Waals surface area (Å²) >= 11 is 6.03. The molecule has 5 heteroatoms. The first-order valence-electron chi connectivity index (χ1n) is 7.44. The standard InChI is InChI=1S/C17H21ClN2O2/c1-11(2)13-5-6-16(22-8-4-7-19-12(3)21)15-10-20-17(18)9-14(13)15/h5-6,9-11H,4,7-8H2,1-3H3,(H,19,21). The second kappa shape index (κ2) is 7.45. The summed E-state index contributed by atoms with van der Waals surface area (Å²) in [5, 5.41) is 5.28. The molecule has 0 unspecified atom stereocenters. The molecule has 1 aromatic carbocycles. The monoisotopic (exact) mass is 320 g/mol. The van der Waals surface area contributed by atoms with Crippen molar-refractivity contribution in [3.05, 3.63) is 35.1 Å². The van der Waals surface area contributed by atoms with Crippen molar-refractivity contribution in [1.29, 1.82) is 0 Å². The van der Waals surface area contributed by atoms with E-state index >= 15 is 0 Å². The van der Waals surface area contributed by atoms with Gasteiger partial charge in [-0.05, 0) is 35.4 Å². The molecule has 0 aliphatic heterocycles. The first-order chi connectivity index (χ1) is 10.5. The van der Waals surface area contributed by atoms with Gasteiger partial charge in [0.25, 0.3) is 0 Å². The molecule has 118 valence electrons. The van der Waals surface area contributed by atoms with Gasteiger partial charge in [0.1, 0.15) is 10.9 Å². The summed E-state index contributed by atoms with van der Waals surface area (Å²) in [5.74, 6) is 1.17. The van der Waals surface area contributed by atoms with E-state index in [2.05, 4.69) is 30.2 Å². The lowest BCUT2D eigenvalue weighted by atomic mass is 9.97. The van der Waals surface area contributed by atoms with E-state index in [0.29, 0.717) is 24.2 Å². The maximum Gasteiger partial charge on any atom is 0.216 e. The van der Waals surface area contributed by atoms with Crippen LogP contribution in [0.1, 0.15) is 38.7 Å². The predicted molar refractivity (Wildman–Crippen MR) is 89.6 cm³/mol. The fourth-order valence-electron chi connectivity index (χ4n) is 2.36. The molecule has 1 N–H and O–H groups in total. The summed E-state index contributed by atoms with van der Waals surface area (Å²) in [6.45, 7) is 6.96. The van der Waals surface area contributed by atoms with Crippen LogP contribution in [-0.4, -0.2) is 24.0 Å². The zero-order valence-electron chi connectivity index (χ0n) is 13.1. The van der Waals surface area contributed by atoms with E-state index < -0.39 is 0 Å². The van der Waals surface area contributed by atoms with Gasteiger partial charge in [0.05, 0.1) is 6.61 Å². The van der Waals surface area contributed by atoms with Crippen LogP contribution >= 0.6 is 11.6 Å². The number of amides is 1. The van der Waals surface area contributed by atoms with Crippen molar-refractivity contribution in [2.24, 2.45) is 0 Å². The van der Waals surface area contributed by atoms with Gasteiger partial charge in [0, 0.05) is 25.1 Å². The van der Waals surface area contributed by atoms with Crippen molar-refractivity contribution in [3.8, 4) is 5.75 Å². The van der Waals surface area contributed by atoms with Gasteiger partial charge in [-0.25, -0.2) is 4.98 Å². The van der Waals surface area contributed by atoms with E-state index in [1.54, 1.807) is 6.20 Å². The van der Waals surface area contributed by atoms with Crippen LogP contribution in [-0.2, 0) is 4.79 Å². The van der Waals surface area contributed by atoms with Crippen LogP contribution in [0.15, 0.2) is 24.4 Å². The molecule has 0 spiro atoms. The Labute approximate surface area is 135 Å². The third kappa shape index (κ3) is 4.10. The van der Waals surface area contributed by atoms with Crippen molar-refractivity contribution in [1.82, 2.24) is 10.3 Å². The molecule has 1 heterocycles. The molecule has 22 heavy (non-hydrogen) atoms. The van der Waals surface area contributed by atoms with Crippen LogP contribution < -0.4 is 10.1 Å². The lowest BCUT2D eigenvalue weighted by Crippen LogP contribution is -2.22. The molecule has 0 aliphatic carbocycles. The number of benzene rings is 1. The highest BCUT2D eigenvalue weighted by Crippen LogP contribution is 2.33. The first-order valence-corrected chi connectivity index (χ1v) is 7.82. The number of aromatic nitrogens is 1. The minimum atomic E-state index is -0.0226. The summed E-state index contributed by atoms with van der Waals surface area (Å²) in [5.41, 5.74) is 1.23. The molecular weight excluding hydrogens is 300 g/mol. The van der Waals surface area contributed by atoms with E-state index in [9.17, 15) is 4.79 Å². The molecule has 1 aromatic heterocycles. The number of nitrogens with zero attached hydrogens (tertiary/aromatic N) is 1. The average molecular weight is 321 g/mol. The fraction of sp³-hybridized carbons (Fsp3) is 0.412. The Morgan fingerprint density at radius 1 is 1.36 bits per heavy atom. The number of rotatable bonds is 6. The van der Waals surface area contributed by atoms with Crippen LogP contribution in [0.5, 0.6) is 5.75 Å². The van der Waals surface area contributed by atoms with Crippen molar-refractivity contribution in [2.75, 3.05) is 13.2 Å². The Morgan fingerprint density at radius 2 is 2.14 bits per heavy atom. The van der Waals surface area contributed by atoms with Gasteiger partial charge in [-0.2, -0.15) is 0 Å². The second-order valence-electron chi connectivity index (χ2n) is 5.55. The summed E-state index contributed by atoms with van der Waals surface area (Å²) in [4.78, 5) is 15.0. The number of ether oxygens (including phenoxy) is 1. The Balaban J connectivity index is 2.17. The number of fused-ring (bicyclic) bond motifs is 1. The molecule has 2 rings (SSSR count). The van der Waals surface area contributed by atoms with Crippen molar-refractivity contribution < 1.29 is 9.53 Å². The highest BCUT2D eigenvalue weighted by molar-refractivity contribution is 6.30. The summed E-state index contributed by atoms with van der Waals surface area (Å²) in [6.07, 6.45) is 2.51. The Bertz CT molecular complexity index is 671. The summed E-state index contributed by atoms with van der Waals surface area (Å²) in [7, 11) is 0. The molecule has 0 radical (unpaired) electrons. The van der Waals surface area contributed by atoms with E-state index in [-0.39, 0.29) is 5.91 Å². The van der Waals surface area contributed by atoms with Gasteiger partial charge in [-0.1, -0.05) is 31.5 Å². The number of carbonyl (C=O) groups is 1. The molecule has 0 bridgehead atoms. The molecule has 0 saturated carbocycles. The Morgan fingerprint density at radius 3 is 2.82 bits per heavy atom. The van der Waals surface area contributed by atoms with Crippen molar-refractivity contribution in [3.63, 3.8) is 0 Å². The smallest absolute Gasteiger partial charge is 0.216 e. The summed E-state index contributed by atoms with van der Waals surface area (Å²) in [6, 6.07) is 5.94. The van der Waals surface area contributed by atoms with Gasteiger partial charge in [0.2, 0.25) is 5.91 Å². The molecule has 0 aliphatic rings. The largest absolute Gasteiger partial charge is 0.493 e. The normalized spacial score (nSPS) is 11.0. The molecule has 0 saturated heterocycles. The third-order valence-electron chi connectivity index (χ3n) is 3.44. The number of carbonyl (C=O) groups excluding carboxylic acids is 1. The first kappa shape index (κ1) is 16.6. The highest BCUT2D eigenvalue weighted by Gasteiger charge is 2.11. The average Bonchev–Trinajstić information content (AvgIpc) is 2.45. The number of hydrogen-bond donors (Lipinski definition) is 1. The van der Waals surface area contributed by atoms with Crippen LogP contribution in [0.25, 0.3) is 10.8 Å². The number of nitrogens with one attached hydrogen (secondary N) is 1. The topological polar surface area (TPSA) is 51.2 Å². The maximum atomic E-state index is 10.8. The molecule has 1 amide bonds. The maximum absolute atomic E-state index is 10.8. The third-order valence-corrected chi connectivity index (χ3v) is 3.64. The van der Waals surface area contributed by atoms with Crippen molar-refractivity contribution >= 4 is 28.3 Å². The van der Waals surface area contributed by atoms with E-state index in [0.717, 1.165) is 22.9 Å². The van der Waals surface area contributed by atoms with E-state index in [4.69, 9.17) is 16.3 Å². The summed E-state index contributed by atoms with van der Waals surface area (Å²) < 4.78 is 5.84. The van der Waals surface area contributed by atoms with E-state index in [1.165, 1.54) is 12.5 Å². The Kier molecular flexibility index (Phi) is 5.61.